The summed E-state index contributed by atoms with van der Waals surface area (Å²) in [5.74, 6) is 1.29. The maximum atomic E-state index is 13.5. The van der Waals surface area contributed by atoms with Crippen molar-refractivity contribution in [2.24, 2.45) is 0 Å². The predicted octanol–water partition coefficient (Wildman–Crippen LogP) is 4.31. The molecule has 0 aliphatic heterocycles. The molecule has 0 saturated heterocycles. The third kappa shape index (κ3) is 3.71. The van der Waals surface area contributed by atoms with Gasteiger partial charge < -0.3 is 11.1 Å². The van der Waals surface area contributed by atoms with Gasteiger partial charge in [-0.15, -0.1) is 11.8 Å². The van der Waals surface area contributed by atoms with Crippen LogP contribution in [0.25, 0.3) is 16.6 Å². The number of hydrogen-bond donors (Lipinski definition) is 2. The standard InChI is InChI=1S/C21H19ClN6OS/c1-12(25-18-16(30-2)11-24-21(23)27-18)19-26-15-10-6-9-14(22)17(15)20(29)28(19)13-7-4-3-5-8-13/h3-12H,1-2H3,(H3,23,24,25,27)/t12-/m0/s1. The third-order valence-electron chi connectivity index (χ3n) is 4.62. The number of thioether (sulfide) groups is 1. The molecule has 0 amide bonds. The van der Waals surface area contributed by atoms with Crippen molar-refractivity contribution in [1.82, 2.24) is 19.5 Å². The number of anilines is 2. The molecule has 30 heavy (non-hydrogen) atoms. The minimum absolute atomic E-state index is 0.168. The first-order valence-electron chi connectivity index (χ1n) is 9.19. The normalized spacial score (nSPS) is 12.1. The van der Waals surface area contributed by atoms with Crippen LogP contribution >= 0.6 is 23.4 Å². The Labute approximate surface area is 182 Å². The van der Waals surface area contributed by atoms with Gasteiger partial charge in [-0.25, -0.2) is 9.97 Å². The maximum Gasteiger partial charge on any atom is 0.267 e. The Balaban J connectivity index is 1.92. The van der Waals surface area contributed by atoms with E-state index in [9.17, 15) is 4.79 Å². The van der Waals surface area contributed by atoms with Crippen LogP contribution in [-0.4, -0.2) is 25.8 Å². The molecule has 7 nitrogen and oxygen atoms in total. The summed E-state index contributed by atoms with van der Waals surface area (Å²) in [6, 6.07) is 14.3. The molecule has 0 unspecified atom stereocenters. The summed E-state index contributed by atoms with van der Waals surface area (Å²) in [5.41, 5.74) is 6.79. The van der Waals surface area contributed by atoms with Gasteiger partial charge in [0.15, 0.2) is 0 Å². The molecule has 2 heterocycles. The molecule has 0 fully saturated rings. The van der Waals surface area contributed by atoms with Crippen molar-refractivity contribution < 1.29 is 0 Å². The van der Waals surface area contributed by atoms with Gasteiger partial charge in [-0.3, -0.25) is 9.36 Å². The lowest BCUT2D eigenvalue weighted by molar-refractivity contribution is 0.728. The summed E-state index contributed by atoms with van der Waals surface area (Å²) in [7, 11) is 0. The number of halogens is 1. The summed E-state index contributed by atoms with van der Waals surface area (Å²) in [6.07, 6.45) is 3.60. The largest absolute Gasteiger partial charge is 0.368 e. The number of nitrogens with zero attached hydrogens (tertiary/aromatic N) is 4. The van der Waals surface area contributed by atoms with Crippen LogP contribution in [0.15, 0.2) is 64.4 Å². The minimum atomic E-state index is -0.360. The van der Waals surface area contributed by atoms with Crippen molar-refractivity contribution in [3.63, 3.8) is 0 Å². The average molecular weight is 439 g/mol. The van der Waals surface area contributed by atoms with E-state index in [1.165, 1.54) is 11.8 Å². The highest BCUT2D eigenvalue weighted by atomic mass is 35.5. The molecule has 4 rings (SSSR count). The summed E-state index contributed by atoms with van der Waals surface area (Å²) in [4.78, 5) is 27.4. The van der Waals surface area contributed by atoms with E-state index in [0.29, 0.717) is 33.3 Å². The second kappa shape index (κ2) is 8.33. The van der Waals surface area contributed by atoms with E-state index in [2.05, 4.69) is 15.3 Å². The molecular formula is C21H19ClN6OS. The van der Waals surface area contributed by atoms with Gasteiger partial charge in [-0.1, -0.05) is 35.9 Å². The number of hydrogen-bond acceptors (Lipinski definition) is 7. The number of fused-ring (bicyclic) bond motifs is 1. The van der Waals surface area contributed by atoms with Crippen LogP contribution < -0.4 is 16.6 Å². The molecule has 0 spiro atoms. The van der Waals surface area contributed by atoms with Crippen molar-refractivity contribution >= 4 is 46.0 Å². The second-order valence-electron chi connectivity index (χ2n) is 6.59. The van der Waals surface area contributed by atoms with Gasteiger partial charge in [0.05, 0.1) is 32.6 Å². The van der Waals surface area contributed by atoms with Gasteiger partial charge in [0.1, 0.15) is 11.6 Å². The fourth-order valence-corrected chi connectivity index (χ4v) is 3.94. The Morgan fingerprint density at radius 1 is 1.13 bits per heavy atom. The van der Waals surface area contributed by atoms with Gasteiger partial charge in [-0.05, 0) is 37.4 Å². The fourth-order valence-electron chi connectivity index (χ4n) is 3.23. The second-order valence-corrected chi connectivity index (χ2v) is 7.85. The number of nitrogen functional groups attached to an aromatic ring is 1. The van der Waals surface area contributed by atoms with E-state index in [1.807, 2.05) is 43.5 Å². The number of nitrogens with two attached hydrogens (primary N) is 1. The Morgan fingerprint density at radius 3 is 2.63 bits per heavy atom. The quantitative estimate of drug-likeness (QED) is 0.448. The highest BCUT2D eigenvalue weighted by Gasteiger charge is 2.20. The molecule has 3 N–H and O–H groups in total. The molecule has 1 atom stereocenters. The van der Waals surface area contributed by atoms with E-state index in [1.54, 1.807) is 29.0 Å². The Bertz CT molecular complexity index is 1280. The molecule has 0 aliphatic carbocycles. The van der Waals surface area contributed by atoms with Crippen LogP contribution in [0.5, 0.6) is 0 Å². The topological polar surface area (TPSA) is 98.7 Å². The number of para-hydroxylation sites is 1. The van der Waals surface area contributed by atoms with Crippen LogP contribution in [0.3, 0.4) is 0 Å². The van der Waals surface area contributed by atoms with Crippen LogP contribution in [0.4, 0.5) is 11.8 Å². The monoisotopic (exact) mass is 438 g/mol. The van der Waals surface area contributed by atoms with Gasteiger partial charge in [0.2, 0.25) is 5.95 Å². The van der Waals surface area contributed by atoms with Gasteiger partial charge in [-0.2, -0.15) is 4.98 Å². The van der Waals surface area contributed by atoms with Crippen molar-refractivity contribution in [3.8, 4) is 5.69 Å². The van der Waals surface area contributed by atoms with E-state index >= 15 is 0 Å². The number of rotatable bonds is 5. The Kier molecular flexibility index (Phi) is 5.61. The minimum Gasteiger partial charge on any atom is -0.368 e. The summed E-state index contributed by atoms with van der Waals surface area (Å²) < 4.78 is 1.58. The van der Waals surface area contributed by atoms with Crippen molar-refractivity contribution in [3.05, 3.63) is 75.9 Å². The summed E-state index contributed by atoms with van der Waals surface area (Å²) >= 11 is 7.84. The third-order valence-corrected chi connectivity index (χ3v) is 5.67. The number of nitrogens with one attached hydrogen (secondary N) is 1. The average Bonchev–Trinajstić information content (AvgIpc) is 2.74. The van der Waals surface area contributed by atoms with Gasteiger partial charge in [0.25, 0.3) is 5.56 Å². The van der Waals surface area contributed by atoms with E-state index in [-0.39, 0.29) is 17.5 Å². The van der Waals surface area contributed by atoms with Crippen LogP contribution in [0.1, 0.15) is 18.8 Å². The van der Waals surface area contributed by atoms with Gasteiger partial charge in [0, 0.05) is 6.20 Å². The van der Waals surface area contributed by atoms with E-state index in [0.717, 1.165) is 4.90 Å². The first-order chi connectivity index (χ1) is 14.5. The molecule has 0 aliphatic rings. The SMILES string of the molecule is CSc1cnc(N)nc1N[C@@H](C)c1nc2cccc(Cl)c2c(=O)n1-c1ccccc1. The lowest BCUT2D eigenvalue weighted by Crippen LogP contribution is -2.27. The fraction of sp³-hybridized carbons (Fsp3) is 0.143. The van der Waals surface area contributed by atoms with Gasteiger partial charge >= 0.3 is 0 Å². The van der Waals surface area contributed by atoms with Crippen LogP contribution in [0, 0.1) is 0 Å². The van der Waals surface area contributed by atoms with Crippen molar-refractivity contribution in [1.29, 1.82) is 0 Å². The number of benzene rings is 2. The first-order valence-corrected chi connectivity index (χ1v) is 10.8. The van der Waals surface area contributed by atoms with Crippen molar-refractivity contribution in [2.45, 2.75) is 17.9 Å². The molecule has 2 aromatic heterocycles. The van der Waals surface area contributed by atoms with Crippen LogP contribution in [0.2, 0.25) is 5.02 Å². The summed E-state index contributed by atoms with van der Waals surface area (Å²) in [5, 5.41) is 4.08. The van der Waals surface area contributed by atoms with Crippen molar-refractivity contribution in [2.75, 3.05) is 17.3 Å². The number of aromatic nitrogens is 4. The molecule has 152 valence electrons. The molecule has 9 heteroatoms. The molecule has 2 aromatic carbocycles. The molecule has 4 aromatic rings. The maximum absolute atomic E-state index is 13.5. The molecule has 0 saturated carbocycles. The molecule has 0 bridgehead atoms. The molecule has 0 radical (unpaired) electrons. The highest BCUT2D eigenvalue weighted by Crippen LogP contribution is 2.28. The lowest BCUT2D eigenvalue weighted by Gasteiger charge is -2.21. The zero-order valence-electron chi connectivity index (χ0n) is 16.3. The van der Waals surface area contributed by atoms with E-state index < -0.39 is 0 Å². The Hall–Kier alpha value is -3.10. The van der Waals surface area contributed by atoms with Crippen LogP contribution in [-0.2, 0) is 0 Å². The zero-order chi connectivity index (χ0) is 21.3. The highest BCUT2D eigenvalue weighted by molar-refractivity contribution is 7.98. The van der Waals surface area contributed by atoms with E-state index in [4.69, 9.17) is 22.3 Å². The smallest absolute Gasteiger partial charge is 0.267 e. The molecular weight excluding hydrogens is 420 g/mol. The zero-order valence-corrected chi connectivity index (χ0v) is 17.9. The summed E-state index contributed by atoms with van der Waals surface area (Å²) in [6.45, 7) is 1.92. The first kappa shape index (κ1) is 20.2. The lowest BCUT2D eigenvalue weighted by atomic mass is 10.2. The predicted molar refractivity (Wildman–Crippen MR) is 123 cm³/mol. The Morgan fingerprint density at radius 2 is 1.90 bits per heavy atom.